The first-order valence-corrected chi connectivity index (χ1v) is 12.9. The summed E-state index contributed by atoms with van der Waals surface area (Å²) in [5.74, 6) is 0.958. The van der Waals surface area contributed by atoms with Crippen LogP contribution in [0.3, 0.4) is 0 Å². The second-order valence-corrected chi connectivity index (χ2v) is 10.8. The third-order valence-corrected chi connectivity index (χ3v) is 8.34. The number of amides is 1. The quantitative estimate of drug-likeness (QED) is 0.586. The van der Waals surface area contributed by atoms with E-state index in [1.54, 1.807) is 11.8 Å². The van der Waals surface area contributed by atoms with Crippen LogP contribution in [0, 0.1) is 0 Å². The van der Waals surface area contributed by atoms with Crippen molar-refractivity contribution in [3.05, 3.63) is 24.3 Å². The standard InChI is InChI=1S/C19H25N5O4S2/c1-28-17-9-5-4-8-16(17)24-19(20-21-22-24)29-12-18(25)23(14-6-2-3-7-14)15-10-11-30(26,27)13-15/h4-5,8-9,14-15H,2-3,6-7,10-13H2,1H3. The van der Waals surface area contributed by atoms with Gasteiger partial charge in [0.2, 0.25) is 11.1 Å². The molecule has 0 bridgehead atoms. The van der Waals surface area contributed by atoms with Crippen molar-refractivity contribution in [3.63, 3.8) is 0 Å². The number of tetrazole rings is 1. The maximum Gasteiger partial charge on any atom is 0.233 e. The van der Waals surface area contributed by atoms with Crippen LogP contribution in [0.15, 0.2) is 29.4 Å². The minimum Gasteiger partial charge on any atom is -0.494 e. The summed E-state index contributed by atoms with van der Waals surface area (Å²) in [5, 5.41) is 12.3. The van der Waals surface area contributed by atoms with E-state index in [9.17, 15) is 13.2 Å². The van der Waals surface area contributed by atoms with Crippen molar-refractivity contribution < 1.29 is 17.9 Å². The summed E-state index contributed by atoms with van der Waals surface area (Å²) in [4.78, 5) is 15.1. The van der Waals surface area contributed by atoms with Gasteiger partial charge in [-0.05, 0) is 41.8 Å². The van der Waals surface area contributed by atoms with E-state index >= 15 is 0 Å². The summed E-state index contributed by atoms with van der Waals surface area (Å²) in [6.45, 7) is 0. The summed E-state index contributed by atoms with van der Waals surface area (Å²) in [5.41, 5.74) is 0.689. The molecule has 1 unspecified atom stereocenters. The topological polar surface area (TPSA) is 107 Å². The fraction of sp³-hybridized carbons (Fsp3) is 0.579. The molecule has 0 radical (unpaired) electrons. The maximum atomic E-state index is 13.2. The number of sulfone groups is 1. The Balaban J connectivity index is 1.50. The first kappa shape index (κ1) is 21.1. The highest BCUT2D eigenvalue weighted by molar-refractivity contribution is 7.99. The van der Waals surface area contributed by atoms with Crippen molar-refractivity contribution in [1.29, 1.82) is 0 Å². The Hall–Kier alpha value is -2.14. The zero-order chi connectivity index (χ0) is 21.1. The normalized spacial score (nSPS) is 21.0. The number of methoxy groups -OCH3 is 1. The maximum absolute atomic E-state index is 13.2. The van der Waals surface area contributed by atoms with Gasteiger partial charge in [-0.2, -0.15) is 4.68 Å². The summed E-state index contributed by atoms with van der Waals surface area (Å²) >= 11 is 1.25. The molecule has 2 heterocycles. The number of hydrogen-bond donors (Lipinski definition) is 0. The van der Waals surface area contributed by atoms with Crippen LogP contribution in [0.5, 0.6) is 5.75 Å². The Morgan fingerprint density at radius 3 is 2.70 bits per heavy atom. The van der Waals surface area contributed by atoms with Crippen molar-refractivity contribution in [2.45, 2.75) is 49.3 Å². The molecule has 2 fully saturated rings. The molecule has 162 valence electrons. The SMILES string of the molecule is COc1ccccc1-n1nnnc1SCC(=O)N(C1CCCC1)C1CCS(=O)(=O)C1. The number of benzene rings is 1. The van der Waals surface area contributed by atoms with Crippen LogP contribution in [0.4, 0.5) is 0 Å². The largest absolute Gasteiger partial charge is 0.494 e. The minimum atomic E-state index is -3.06. The van der Waals surface area contributed by atoms with Gasteiger partial charge in [0, 0.05) is 12.1 Å². The van der Waals surface area contributed by atoms with Crippen molar-refractivity contribution in [3.8, 4) is 11.4 Å². The molecule has 30 heavy (non-hydrogen) atoms. The lowest BCUT2D eigenvalue weighted by Crippen LogP contribution is -2.47. The number of rotatable bonds is 7. The molecule has 0 N–H and O–H groups in total. The molecule has 11 heteroatoms. The lowest BCUT2D eigenvalue weighted by molar-refractivity contribution is -0.132. The van der Waals surface area contributed by atoms with Gasteiger partial charge in [0.15, 0.2) is 9.84 Å². The van der Waals surface area contributed by atoms with Gasteiger partial charge < -0.3 is 9.64 Å². The molecule has 1 aromatic carbocycles. The van der Waals surface area contributed by atoms with Gasteiger partial charge in [0.1, 0.15) is 11.4 Å². The first-order chi connectivity index (χ1) is 14.5. The number of carbonyl (C=O) groups excluding carboxylic acids is 1. The number of aromatic nitrogens is 4. The van der Waals surface area contributed by atoms with E-state index in [0.717, 1.165) is 25.7 Å². The molecular formula is C19H25N5O4S2. The van der Waals surface area contributed by atoms with E-state index in [1.165, 1.54) is 11.8 Å². The highest BCUT2D eigenvalue weighted by atomic mass is 32.2. The van der Waals surface area contributed by atoms with E-state index in [4.69, 9.17) is 4.74 Å². The predicted octanol–water partition coefficient (Wildman–Crippen LogP) is 1.72. The van der Waals surface area contributed by atoms with Gasteiger partial charge in [0.25, 0.3) is 0 Å². The molecule has 4 rings (SSSR count). The van der Waals surface area contributed by atoms with Crippen molar-refractivity contribution in [2.24, 2.45) is 0 Å². The van der Waals surface area contributed by atoms with Crippen LogP contribution < -0.4 is 4.74 Å². The third-order valence-electron chi connectivity index (χ3n) is 5.69. The van der Waals surface area contributed by atoms with E-state index in [0.29, 0.717) is 23.0 Å². The highest BCUT2D eigenvalue weighted by Crippen LogP contribution is 2.31. The van der Waals surface area contributed by atoms with Crippen LogP contribution in [-0.2, 0) is 14.6 Å². The molecule has 0 spiro atoms. The Morgan fingerprint density at radius 2 is 2.00 bits per heavy atom. The lowest BCUT2D eigenvalue weighted by Gasteiger charge is -2.34. The van der Waals surface area contributed by atoms with Gasteiger partial charge >= 0.3 is 0 Å². The highest BCUT2D eigenvalue weighted by Gasteiger charge is 2.39. The summed E-state index contributed by atoms with van der Waals surface area (Å²) in [6, 6.07) is 7.28. The minimum absolute atomic E-state index is 0.0522. The van der Waals surface area contributed by atoms with Crippen molar-refractivity contribution in [2.75, 3.05) is 24.4 Å². The first-order valence-electron chi connectivity index (χ1n) is 10.0. The average Bonchev–Trinajstić information content (AvgIpc) is 3.48. The smallest absolute Gasteiger partial charge is 0.233 e. The number of nitrogens with zero attached hydrogens (tertiary/aromatic N) is 5. The van der Waals surface area contributed by atoms with Crippen LogP contribution in [-0.4, -0.2) is 75.9 Å². The van der Waals surface area contributed by atoms with E-state index in [2.05, 4.69) is 15.5 Å². The molecule has 1 atom stereocenters. The molecule has 2 aromatic rings. The van der Waals surface area contributed by atoms with Crippen LogP contribution in [0.25, 0.3) is 5.69 Å². The van der Waals surface area contributed by atoms with Gasteiger partial charge in [-0.25, -0.2) is 8.42 Å². The molecular weight excluding hydrogens is 426 g/mol. The third kappa shape index (κ3) is 4.46. The second-order valence-electron chi connectivity index (χ2n) is 7.63. The predicted molar refractivity (Wildman–Crippen MR) is 113 cm³/mol. The lowest BCUT2D eigenvalue weighted by atomic mass is 10.1. The molecule has 1 amide bonds. The molecule has 1 aromatic heterocycles. The van der Waals surface area contributed by atoms with Crippen LogP contribution >= 0.6 is 11.8 Å². The van der Waals surface area contributed by atoms with E-state index in [1.807, 2.05) is 29.2 Å². The number of para-hydroxylation sites is 2. The molecule has 1 saturated heterocycles. The fourth-order valence-electron chi connectivity index (χ4n) is 4.31. The Morgan fingerprint density at radius 1 is 1.23 bits per heavy atom. The molecule has 1 aliphatic heterocycles. The van der Waals surface area contributed by atoms with Crippen LogP contribution in [0.2, 0.25) is 0 Å². The molecule has 9 nitrogen and oxygen atoms in total. The molecule has 2 aliphatic rings. The monoisotopic (exact) mass is 451 g/mol. The van der Waals surface area contributed by atoms with E-state index < -0.39 is 9.84 Å². The van der Waals surface area contributed by atoms with Gasteiger partial charge in [0.05, 0.1) is 24.4 Å². The number of hydrogen-bond acceptors (Lipinski definition) is 8. The summed E-state index contributed by atoms with van der Waals surface area (Å²) < 4.78 is 30.9. The number of thioether (sulfide) groups is 1. The average molecular weight is 452 g/mol. The van der Waals surface area contributed by atoms with Gasteiger partial charge in [-0.1, -0.05) is 36.7 Å². The Labute approximate surface area is 180 Å². The molecule has 1 aliphatic carbocycles. The zero-order valence-electron chi connectivity index (χ0n) is 16.8. The number of ether oxygens (including phenoxy) is 1. The van der Waals surface area contributed by atoms with E-state index in [-0.39, 0.29) is 35.2 Å². The summed E-state index contributed by atoms with van der Waals surface area (Å²) in [7, 11) is -1.49. The number of carbonyl (C=O) groups is 1. The van der Waals surface area contributed by atoms with Crippen molar-refractivity contribution >= 4 is 27.5 Å². The molecule has 1 saturated carbocycles. The van der Waals surface area contributed by atoms with Crippen LogP contribution in [0.1, 0.15) is 32.1 Å². The Bertz CT molecular complexity index is 1000. The van der Waals surface area contributed by atoms with Crippen molar-refractivity contribution in [1.82, 2.24) is 25.1 Å². The van der Waals surface area contributed by atoms with Gasteiger partial charge in [-0.15, -0.1) is 5.10 Å². The second kappa shape index (κ2) is 8.93. The van der Waals surface area contributed by atoms with Gasteiger partial charge in [-0.3, -0.25) is 4.79 Å². The zero-order valence-corrected chi connectivity index (χ0v) is 18.4. The fourth-order valence-corrected chi connectivity index (χ4v) is 6.77. The summed E-state index contributed by atoms with van der Waals surface area (Å²) in [6.07, 6.45) is 4.55. The Kier molecular flexibility index (Phi) is 6.28.